The van der Waals surface area contributed by atoms with Crippen molar-refractivity contribution in [3.63, 3.8) is 0 Å². The van der Waals surface area contributed by atoms with Gasteiger partial charge in [-0.2, -0.15) is 0 Å². The summed E-state index contributed by atoms with van der Waals surface area (Å²) in [4.78, 5) is 33.3. The van der Waals surface area contributed by atoms with E-state index in [0.29, 0.717) is 19.4 Å². The quantitative estimate of drug-likeness (QED) is 0.227. The van der Waals surface area contributed by atoms with Crippen LogP contribution in [0.2, 0.25) is 0 Å². The Morgan fingerprint density at radius 1 is 1.25 bits per heavy atom. The lowest BCUT2D eigenvalue weighted by Crippen LogP contribution is -2.40. The number of hydrogen-bond acceptors (Lipinski definition) is 5. The Kier molecular flexibility index (Phi) is 10.5. The zero-order valence-electron chi connectivity index (χ0n) is 12.0. The van der Waals surface area contributed by atoms with E-state index in [1.54, 1.807) is 0 Å². The molecule has 0 rings (SSSR count). The minimum absolute atomic E-state index is 0.0334. The van der Waals surface area contributed by atoms with Crippen LogP contribution in [0.25, 0.3) is 0 Å². The smallest absolute Gasteiger partial charge is 0.310 e. The molecule has 20 heavy (non-hydrogen) atoms. The molecular weight excluding hydrogens is 262 g/mol. The lowest BCUT2D eigenvalue weighted by atomic mass is 10.0. The number of carboxylic acids is 1. The molecular formula is C13H25N3O4. The Balaban J connectivity index is 3.88. The molecule has 5 N–H and O–H groups in total. The van der Waals surface area contributed by atoms with Crippen molar-refractivity contribution in [3.05, 3.63) is 0 Å². The lowest BCUT2D eigenvalue weighted by molar-refractivity contribution is -0.140. The van der Waals surface area contributed by atoms with Crippen LogP contribution in [-0.2, 0) is 14.4 Å². The number of Topliss-reactive ketones (excluding diaryl/α,β-unsaturated/α-hetero) is 1. The van der Waals surface area contributed by atoms with Crippen molar-refractivity contribution in [1.82, 2.24) is 10.6 Å². The Hall–Kier alpha value is -1.47. The van der Waals surface area contributed by atoms with E-state index in [1.165, 1.54) is 0 Å². The van der Waals surface area contributed by atoms with Crippen LogP contribution in [0, 0.1) is 0 Å². The maximum Gasteiger partial charge on any atom is 0.310 e. The SMILES string of the molecule is CCCC(=O)NCCCC[C@H](NCN)C(=O)CC(=O)O. The predicted molar refractivity (Wildman–Crippen MR) is 75.0 cm³/mol. The highest BCUT2D eigenvalue weighted by molar-refractivity contribution is 5.97. The van der Waals surface area contributed by atoms with Crippen molar-refractivity contribution in [1.29, 1.82) is 0 Å². The van der Waals surface area contributed by atoms with Crippen LogP contribution in [0.5, 0.6) is 0 Å². The summed E-state index contributed by atoms with van der Waals surface area (Å²) in [6.07, 6.45) is 2.83. The summed E-state index contributed by atoms with van der Waals surface area (Å²) >= 11 is 0. The van der Waals surface area contributed by atoms with E-state index in [9.17, 15) is 14.4 Å². The van der Waals surface area contributed by atoms with Gasteiger partial charge in [-0.25, -0.2) is 0 Å². The van der Waals surface area contributed by atoms with Gasteiger partial charge in [0, 0.05) is 19.6 Å². The molecule has 0 aliphatic rings. The summed E-state index contributed by atoms with van der Waals surface area (Å²) < 4.78 is 0. The van der Waals surface area contributed by atoms with Crippen molar-refractivity contribution >= 4 is 17.7 Å². The number of nitrogens with two attached hydrogens (primary N) is 1. The van der Waals surface area contributed by atoms with Crippen molar-refractivity contribution in [3.8, 4) is 0 Å². The van der Waals surface area contributed by atoms with Gasteiger partial charge in [-0.05, 0) is 25.7 Å². The van der Waals surface area contributed by atoms with Crippen molar-refractivity contribution in [2.75, 3.05) is 13.2 Å². The van der Waals surface area contributed by atoms with Gasteiger partial charge in [-0.15, -0.1) is 0 Å². The van der Waals surface area contributed by atoms with Gasteiger partial charge in [0.2, 0.25) is 5.91 Å². The summed E-state index contributed by atoms with van der Waals surface area (Å²) in [5.41, 5.74) is 5.33. The third kappa shape index (κ3) is 9.46. The zero-order chi connectivity index (χ0) is 15.4. The topological polar surface area (TPSA) is 122 Å². The molecule has 0 saturated heterocycles. The second-order valence-corrected chi connectivity index (χ2v) is 4.59. The van der Waals surface area contributed by atoms with Crippen LogP contribution in [-0.4, -0.2) is 42.0 Å². The normalized spacial score (nSPS) is 11.9. The van der Waals surface area contributed by atoms with Gasteiger partial charge in [-0.3, -0.25) is 19.7 Å². The van der Waals surface area contributed by atoms with E-state index < -0.39 is 18.4 Å². The number of carboxylic acid groups (broad SMARTS) is 1. The molecule has 1 atom stereocenters. The van der Waals surface area contributed by atoms with Crippen molar-refractivity contribution in [2.24, 2.45) is 5.73 Å². The fourth-order valence-corrected chi connectivity index (χ4v) is 1.81. The minimum Gasteiger partial charge on any atom is -0.481 e. The molecule has 7 nitrogen and oxygen atoms in total. The first-order valence-corrected chi connectivity index (χ1v) is 6.95. The van der Waals surface area contributed by atoms with E-state index >= 15 is 0 Å². The van der Waals surface area contributed by atoms with Crippen LogP contribution in [0.4, 0.5) is 0 Å². The summed E-state index contributed by atoms with van der Waals surface area (Å²) in [6.45, 7) is 2.64. The summed E-state index contributed by atoms with van der Waals surface area (Å²) in [5.74, 6) is -1.46. The van der Waals surface area contributed by atoms with Crippen LogP contribution >= 0.6 is 0 Å². The Morgan fingerprint density at radius 2 is 1.95 bits per heavy atom. The molecule has 0 unspecified atom stereocenters. The van der Waals surface area contributed by atoms with E-state index in [-0.39, 0.29) is 18.4 Å². The summed E-state index contributed by atoms with van der Waals surface area (Å²) in [6, 6.07) is -0.526. The van der Waals surface area contributed by atoms with Crippen molar-refractivity contribution < 1.29 is 19.5 Å². The van der Waals surface area contributed by atoms with E-state index in [2.05, 4.69) is 10.6 Å². The fourth-order valence-electron chi connectivity index (χ4n) is 1.81. The Morgan fingerprint density at radius 3 is 2.50 bits per heavy atom. The molecule has 0 aliphatic carbocycles. The molecule has 0 heterocycles. The Labute approximate surface area is 119 Å². The molecule has 0 aliphatic heterocycles. The van der Waals surface area contributed by atoms with E-state index in [4.69, 9.17) is 10.8 Å². The van der Waals surface area contributed by atoms with Crippen LogP contribution in [0.15, 0.2) is 0 Å². The number of ketones is 1. The van der Waals surface area contributed by atoms with Gasteiger partial charge >= 0.3 is 5.97 Å². The number of hydrogen-bond donors (Lipinski definition) is 4. The molecule has 0 aromatic rings. The highest BCUT2D eigenvalue weighted by atomic mass is 16.4. The Bertz CT molecular complexity index is 321. The summed E-state index contributed by atoms with van der Waals surface area (Å²) in [5, 5.41) is 14.2. The summed E-state index contributed by atoms with van der Waals surface area (Å²) in [7, 11) is 0. The van der Waals surface area contributed by atoms with Gasteiger partial charge < -0.3 is 16.2 Å². The van der Waals surface area contributed by atoms with Crippen molar-refractivity contribution in [2.45, 2.75) is 51.5 Å². The number of unbranched alkanes of at least 4 members (excludes halogenated alkanes) is 1. The first kappa shape index (κ1) is 18.5. The average Bonchev–Trinajstić information content (AvgIpc) is 2.36. The monoisotopic (exact) mass is 287 g/mol. The maximum atomic E-state index is 11.6. The van der Waals surface area contributed by atoms with Gasteiger partial charge in [-0.1, -0.05) is 6.92 Å². The standard InChI is InChI=1S/C13H25N3O4/c1-2-5-12(18)15-7-4-3-6-10(16-9-14)11(17)8-13(19)20/h10,16H,2-9,14H2,1H3,(H,15,18)(H,19,20)/t10-/m0/s1. The highest BCUT2D eigenvalue weighted by Crippen LogP contribution is 2.04. The number of carbonyl (C=O) groups is 3. The highest BCUT2D eigenvalue weighted by Gasteiger charge is 2.19. The molecule has 0 saturated carbocycles. The molecule has 0 fully saturated rings. The molecule has 0 aromatic carbocycles. The number of carbonyl (C=O) groups excluding carboxylic acids is 2. The molecule has 1 amide bonds. The van der Waals surface area contributed by atoms with Gasteiger partial charge in [0.25, 0.3) is 0 Å². The molecule has 0 radical (unpaired) electrons. The average molecular weight is 287 g/mol. The van der Waals surface area contributed by atoms with E-state index in [1.807, 2.05) is 6.92 Å². The second-order valence-electron chi connectivity index (χ2n) is 4.59. The predicted octanol–water partition coefficient (Wildman–Crippen LogP) is -0.00880. The van der Waals surface area contributed by atoms with Crippen LogP contribution in [0.1, 0.15) is 45.4 Å². The first-order valence-electron chi connectivity index (χ1n) is 6.95. The van der Waals surface area contributed by atoms with Gasteiger partial charge in [0.1, 0.15) is 6.42 Å². The minimum atomic E-state index is -1.13. The van der Waals surface area contributed by atoms with Crippen LogP contribution < -0.4 is 16.4 Å². The van der Waals surface area contributed by atoms with Gasteiger partial charge in [0.05, 0.1) is 6.04 Å². The number of amides is 1. The molecule has 7 heteroatoms. The fraction of sp³-hybridized carbons (Fsp3) is 0.769. The third-order valence-electron chi connectivity index (χ3n) is 2.80. The number of nitrogens with one attached hydrogen (secondary N) is 2. The molecule has 0 bridgehead atoms. The lowest BCUT2D eigenvalue weighted by Gasteiger charge is -2.15. The molecule has 0 aromatic heterocycles. The molecule has 0 spiro atoms. The number of aliphatic carboxylic acids is 1. The van der Waals surface area contributed by atoms with Crippen LogP contribution in [0.3, 0.4) is 0 Å². The van der Waals surface area contributed by atoms with Gasteiger partial charge in [0.15, 0.2) is 5.78 Å². The first-order chi connectivity index (χ1) is 9.51. The second kappa shape index (κ2) is 11.4. The molecule has 116 valence electrons. The zero-order valence-corrected chi connectivity index (χ0v) is 12.0. The third-order valence-corrected chi connectivity index (χ3v) is 2.80. The number of rotatable bonds is 12. The maximum absolute atomic E-state index is 11.6. The van der Waals surface area contributed by atoms with E-state index in [0.717, 1.165) is 19.3 Å². The largest absolute Gasteiger partial charge is 0.481 e.